The van der Waals surface area contributed by atoms with E-state index in [0.717, 1.165) is 25.7 Å². The zero-order chi connectivity index (χ0) is 33.5. The van der Waals surface area contributed by atoms with Gasteiger partial charge in [0.1, 0.15) is 0 Å². The van der Waals surface area contributed by atoms with Gasteiger partial charge in [-0.05, 0) is 96.0 Å². The molecule has 0 bridgehead atoms. The molecular weight excluding hydrogens is 637 g/mol. The van der Waals surface area contributed by atoms with Crippen molar-refractivity contribution in [2.45, 2.75) is 41.7 Å². The molecule has 0 N–H and O–H groups in total. The third-order valence-corrected chi connectivity index (χ3v) is 12.8. The molecule has 11 rings (SSSR count). The van der Waals surface area contributed by atoms with Crippen LogP contribution in [-0.2, 0) is 12.8 Å². The number of aromatic nitrogens is 2. The Kier molecular flexibility index (Phi) is 6.60. The van der Waals surface area contributed by atoms with Gasteiger partial charge in [-0.1, -0.05) is 115 Å². The molecule has 3 heteroatoms. The van der Waals surface area contributed by atoms with Crippen molar-refractivity contribution in [2.24, 2.45) is 0 Å². The first-order valence-corrected chi connectivity index (χ1v) is 19.2. The Morgan fingerprint density at radius 2 is 1.41 bits per heavy atom. The highest BCUT2D eigenvalue weighted by Crippen LogP contribution is 2.50. The second kappa shape index (κ2) is 11.5. The van der Waals surface area contributed by atoms with Crippen molar-refractivity contribution < 1.29 is 0 Å². The van der Waals surface area contributed by atoms with Crippen LogP contribution in [0.5, 0.6) is 0 Å². The van der Waals surface area contributed by atoms with Crippen LogP contribution >= 0.6 is 11.8 Å². The maximum atomic E-state index is 2.57. The number of hydrogen-bond donors (Lipinski definition) is 0. The van der Waals surface area contributed by atoms with Gasteiger partial charge in [0.2, 0.25) is 0 Å². The molecular formula is C48H36N2S. The molecule has 3 heterocycles. The Bertz CT molecular complexity index is 2680. The number of thioether (sulfide) groups is 1. The molecule has 5 aromatic carbocycles. The van der Waals surface area contributed by atoms with E-state index in [9.17, 15) is 0 Å². The molecule has 0 fully saturated rings. The van der Waals surface area contributed by atoms with Gasteiger partial charge in [0.15, 0.2) is 0 Å². The fourth-order valence-corrected chi connectivity index (χ4v) is 10.6. The molecule has 2 unspecified atom stereocenters. The van der Waals surface area contributed by atoms with Gasteiger partial charge >= 0.3 is 0 Å². The van der Waals surface area contributed by atoms with Crippen LogP contribution in [0.1, 0.15) is 52.4 Å². The van der Waals surface area contributed by atoms with Crippen molar-refractivity contribution in [1.29, 1.82) is 0 Å². The standard InChI is InChI=1S/C48H36N2S/c1-2-13-32(14-3-1)49-43-22-10-7-19-39(43)48-38(20-12-23-45(48)49)35-16-5-4-15-34(35)31-25-27-44-40(29-31)36-17-6-9-21-42(36)50(44)33-26-28-47-41(30-33)37-18-8-11-24-46(37)51-47/h1-8,10-11,13-20,22,24-30,41,47H,9,12,21,23H2. The maximum absolute atomic E-state index is 2.57. The first-order chi connectivity index (χ1) is 25.3. The van der Waals surface area contributed by atoms with Gasteiger partial charge in [-0.25, -0.2) is 0 Å². The van der Waals surface area contributed by atoms with Gasteiger partial charge in [0.25, 0.3) is 0 Å². The summed E-state index contributed by atoms with van der Waals surface area (Å²) in [5.41, 5.74) is 17.4. The van der Waals surface area contributed by atoms with E-state index in [0.29, 0.717) is 11.2 Å². The summed E-state index contributed by atoms with van der Waals surface area (Å²) in [5, 5.41) is 3.14. The summed E-state index contributed by atoms with van der Waals surface area (Å²) in [6, 6.07) is 45.0. The van der Waals surface area contributed by atoms with Crippen LogP contribution in [0.4, 0.5) is 0 Å². The Morgan fingerprint density at radius 1 is 0.627 bits per heavy atom. The molecule has 2 nitrogen and oxygen atoms in total. The number of benzene rings is 5. The lowest BCUT2D eigenvalue weighted by Crippen LogP contribution is -2.13. The number of nitrogens with zero attached hydrogens (tertiary/aromatic N) is 2. The second-order valence-corrected chi connectivity index (χ2v) is 15.4. The van der Waals surface area contributed by atoms with Crippen LogP contribution in [0.15, 0.2) is 157 Å². The third kappa shape index (κ3) is 4.44. The molecule has 1 aliphatic heterocycles. The van der Waals surface area contributed by atoms with Crippen molar-refractivity contribution in [2.75, 3.05) is 0 Å². The summed E-state index contributed by atoms with van der Waals surface area (Å²) >= 11 is 2.00. The summed E-state index contributed by atoms with van der Waals surface area (Å²) in [6.07, 6.45) is 18.7. The minimum atomic E-state index is 0.408. The van der Waals surface area contributed by atoms with E-state index < -0.39 is 0 Å². The largest absolute Gasteiger partial charge is 0.313 e. The normalized spacial score (nSPS) is 18.7. The molecule has 2 aromatic heterocycles. The Labute approximate surface area is 302 Å². The number of fused-ring (bicyclic) bond motifs is 9. The molecule has 7 aromatic rings. The molecule has 0 spiro atoms. The summed E-state index contributed by atoms with van der Waals surface area (Å²) < 4.78 is 5.06. The fourth-order valence-electron chi connectivity index (χ4n) is 9.24. The van der Waals surface area contributed by atoms with Crippen molar-refractivity contribution in [3.8, 4) is 16.8 Å². The van der Waals surface area contributed by atoms with E-state index in [1.165, 1.54) is 88.4 Å². The maximum Gasteiger partial charge on any atom is 0.0538 e. The SMILES string of the molecule is C1=Cc2c(n(C3=CC4c5ccccc5SC4C=C3)c3ccc(-c4ccccc4C4=CCCc5c4c4ccccc4n5-c4ccccc4)cc23)CC1. The zero-order valence-electron chi connectivity index (χ0n) is 28.3. The summed E-state index contributed by atoms with van der Waals surface area (Å²) in [5.74, 6) is 0.408. The zero-order valence-corrected chi connectivity index (χ0v) is 29.1. The molecule has 0 saturated heterocycles. The van der Waals surface area contributed by atoms with E-state index in [2.05, 4.69) is 167 Å². The minimum absolute atomic E-state index is 0.408. The smallest absolute Gasteiger partial charge is 0.0538 e. The van der Waals surface area contributed by atoms with Gasteiger partial charge in [-0.2, -0.15) is 0 Å². The van der Waals surface area contributed by atoms with Gasteiger partial charge < -0.3 is 9.13 Å². The van der Waals surface area contributed by atoms with Crippen molar-refractivity contribution in [3.63, 3.8) is 0 Å². The van der Waals surface area contributed by atoms with Gasteiger partial charge in [0.05, 0.1) is 11.0 Å². The molecule has 3 aliphatic carbocycles. The van der Waals surface area contributed by atoms with Crippen molar-refractivity contribution in [1.82, 2.24) is 9.13 Å². The van der Waals surface area contributed by atoms with E-state index in [4.69, 9.17) is 0 Å². The highest BCUT2D eigenvalue weighted by Gasteiger charge is 2.33. The van der Waals surface area contributed by atoms with E-state index in [1.807, 2.05) is 11.8 Å². The molecule has 51 heavy (non-hydrogen) atoms. The fraction of sp³-hybridized carbons (Fsp3) is 0.125. The molecule has 0 amide bonds. The average Bonchev–Trinajstić information content (AvgIpc) is 3.85. The Morgan fingerprint density at radius 3 is 2.35 bits per heavy atom. The van der Waals surface area contributed by atoms with Crippen molar-refractivity contribution in [3.05, 3.63) is 185 Å². The predicted molar refractivity (Wildman–Crippen MR) is 216 cm³/mol. The van der Waals surface area contributed by atoms with E-state index >= 15 is 0 Å². The van der Waals surface area contributed by atoms with Crippen molar-refractivity contribution >= 4 is 50.9 Å². The van der Waals surface area contributed by atoms with Crippen LogP contribution < -0.4 is 0 Å². The number of rotatable bonds is 4. The topological polar surface area (TPSA) is 9.86 Å². The summed E-state index contributed by atoms with van der Waals surface area (Å²) in [4.78, 5) is 1.42. The lowest BCUT2D eigenvalue weighted by molar-refractivity contribution is 0.855. The van der Waals surface area contributed by atoms with E-state index in [-0.39, 0.29) is 0 Å². The highest BCUT2D eigenvalue weighted by molar-refractivity contribution is 8.00. The van der Waals surface area contributed by atoms with Crippen LogP contribution in [0, 0.1) is 0 Å². The highest BCUT2D eigenvalue weighted by atomic mass is 32.2. The molecule has 244 valence electrons. The number of allylic oxidation sites excluding steroid dienone is 5. The monoisotopic (exact) mass is 672 g/mol. The van der Waals surface area contributed by atoms with Gasteiger partial charge in [-0.3, -0.25) is 0 Å². The first kappa shape index (κ1) is 29.2. The third-order valence-electron chi connectivity index (χ3n) is 11.4. The molecule has 0 saturated carbocycles. The van der Waals surface area contributed by atoms with Crippen LogP contribution in [0.25, 0.3) is 56.0 Å². The molecule has 4 aliphatic rings. The van der Waals surface area contributed by atoms with Crippen LogP contribution in [0.2, 0.25) is 0 Å². The average molecular weight is 673 g/mol. The van der Waals surface area contributed by atoms with Crippen LogP contribution in [-0.4, -0.2) is 14.4 Å². The lowest BCUT2D eigenvalue weighted by atomic mass is 9.85. The first-order valence-electron chi connectivity index (χ1n) is 18.3. The van der Waals surface area contributed by atoms with Gasteiger partial charge in [0, 0.05) is 60.7 Å². The predicted octanol–water partition coefficient (Wildman–Crippen LogP) is 12.3. The Hall–Kier alpha value is -5.51. The lowest BCUT2D eigenvalue weighted by Gasteiger charge is -2.22. The molecule has 0 radical (unpaired) electrons. The summed E-state index contributed by atoms with van der Waals surface area (Å²) in [6.45, 7) is 0. The minimum Gasteiger partial charge on any atom is -0.313 e. The molecule has 2 atom stereocenters. The van der Waals surface area contributed by atoms with E-state index in [1.54, 1.807) is 0 Å². The van der Waals surface area contributed by atoms with Crippen LogP contribution in [0.3, 0.4) is 0 Å². The Balaban J connectivity index is 1.06. The second-order valence-electron chi connectivity index (χ2n) is 14.2. The quantitative estimate of drug-likeness (QED) is 0.181. The number of hydrogen-bond acceptors (Lipinski definition) is 1. The summed E-state index contributed by atoms with van der Waals surface area (Å²) in [7, 11) is 0. The van der Waals surface area contributed by atoms with Gasteiger partial charge in [-0.15, -0.1) is 11.8 Å². The number of para-hydroxylation sites is 2.